The fourth-order valence-electron chi connectivity index (χ4n) is 1.73. The lowest BCUT2D eigenvalue weighted by Gasteiger charge is -2.11. The number of hydrogen-bond acceptors (Lipinski definition) is 2. The zero-order valence-electron chi connectivity index (χ0n) is 10.6. The summed E-state index contributed by atoms with van der Waals surface area (Å²) in [5.74, 6) is -10.2. The summed E-state index contributed by atoms with van der Waals surface area (Å²) in [6.07, 6.45) is 0. The van der Waals surface area contributed by atoms with E-state index in [2.05, 4.69) is 5.32 Å². The van der Waals surface area contributed by atoms with Crippen LogP contribution < -0.4 is 5.32 Å². The SMILES string of the molecule is Cc1cc(Nc2c(F)c(F)c(F)c(F)c2F)ccc1C#N. The lowest BCUT2D eigenvalue weighted by atomic mass is 10.1. The fraction of sp³-hybridized carbons (Fsp3) is 0.0714. The highest BCUT2D eigenvalue weighted by atomic mass is 19.2. The van der Waals surface area contributed by atoms with E-state index in [-0.39, 0.29) is 5.69 Å². The van der Waals surface area contributed by atoms with Gasteiger partial charge < -0.3 is 5.32 Å². The van der Waals surface area contributed by atoms with Gasteiger partial charge in [-0.25, -0.2) is 22.0 Å². The van der Waals surface area contributed by atoms with Crippen molar-refractivity contribution in [1.29, 1.82) is 5.26 Å². The zero-order chi connectivity index (χ0) is 15.7. The van der Waals surface area contributed by atoms with Gasteiger partial charge in [-0.1, -0.05) is 0 Å². The van der Waals surface area contributed by atoms with Crippen molar-refractivity contribution in [2.45, 2.75) is 6.92 Å². The Morgan fingerprint density at radius 2 is 1.43 bits per heavy atom. The minimum atomic E-state index is -2.22. The van der Waals surface area contributed by atoms with Gasteiger partial charge in [0.2, 0.25) is 5.82 Å². The minimum absolute atomic E-state index is 0.0923. The average Bonchev–Trinajstić information content (AvgIpc) is 2.48. The first-order valence-electron chi connectivity index (χ1n) is 5.66. The van der Waals surface area contributed by atoms with E-state index in [1.807, 2.05) is 6.07 Å². The number of nitrogens with one attached hydrogen (secondary N) is 1. The molecule has 2 nitrogen and oxygen atoms in total. The summed E-state index contributed by atoms with van der Waals surface area (Å²) in [4.78, 5) is 0. The highest BCUT2D eigenvalue weighted by molar-refractivity contribution is 5.63. The molecule has 2 aromatic carbocycles. The molecule has 2 rings (SSSR count). The molecule has 0 aliphatic rings. The van der Waals surface area contributed by atoms with Crippen LogP contribution in [0, 0.1) is 47.3 Å². The molecule has 0 aliphatic heterocycles. The van der Waals surface area contributed by atoms with Crippen LogP contribution in [-0.4, -0.2) is 0 Å². The first kappa shape index (κ1) is 14.8. The molecule has 0 aliphatic carbocycles. The van der Waals surface area contributed by atoms with Crippen molar-refractivity contribution in [3.63, 3.8) is 0 Å². The lowest BCUT2D eigenvalue weighted by molar-refractivity contribution is 0.382. The van der Waals surface area contributed by atoms with Crippen molar-refractivity contribution in [3.8, 4) is 6.07 Å². The average molecular weight is 298 g/mol. The number of hydrogen-bond donors (Lipinski definition) is 1. The molecule has 0 bridgehead atoms. The van der Waals surface area contributed by atoms with Gasteiger partial charge in [0.05, 0.1) is 11.6 Å². The summed E-state index contributed by atoms with van der Waals surface area (Å²) in [6, 6.07) is 5.91. The smallest absolute Gasteiger partial charge is 0.200 e. The quantitative estimate of drug-likeness (QED) is 0.509. The molecule has 0 atom stereocenters. The fourth-order valence-corrected chi connectivity index (χ4v) is 1.73. The maximum Gasteiger partial charge on any atom is 0.200 e. The van der Waals surface area contributed by atoms with Crippen LogP contribution in [0.1, 0.15) is 11.1 Å². The molecule has 1 N–H and O–H groups in total. The molecule has 2 aromatic rings. The molecule has 0 spiro atoms. The Morgan fingerprint density at radius 1 is 0.905 bits per heavy atom. The summed E-state index contributed by atoms with van der Waals surface area (Å²) in [5.41, 5.74) is -0.227. The van der Waals surface area contributed by atoms with Crippen LogP contribution >= 0.6 is 0 Å². The molecule has 0 heterocycles. The second-order valence-corrected chi connectivity index (χ2v) is 4.21. The van der Waals surface area contributed by atoms with E-state index in [1.165, 1.54) is 18.2 Å². The third kappa shape index (κ3) is 2.52. The van der Waals surface area contributed by atoms with Crippen LogP contribution in [0.4, 0.5) is 33.3 Å². The Balaban J connectivity index is 2.50. The molecule has 7 heteroatoms. The molecule has 108 valence electrons. The normalized spacial score (nSPS) is 10.3. The van der Waals surface area contributed by atoms with Gasteiger partial charge >= 0.3 is 0 Å². The van der Waals surface area contributed by atoms with Gasteiger partial charge in [-0.15, -0.1) is 0 Å². The summed E-state index contributed by atoms with van der Waals surface area (Å²) in [7, 11) is 0. The van der Waals surface area contributed by atoms with Crippen LogP contribution in [-0.2, 0) is 0 Å². The number of rotatable bonds is 2. The number of benzene rings is 2. The van der Waals surface area contributed by atoms with Crippen molar-refractivity contribution >= 4 is 11.4 Å². The molecule has 0 saturated carbocycles. The van der Waals surface area contributed by atoms with E-state index in [0.29, 0.717) is 11.1 Å². The number of nitrogens with zero attached hydrogens (tertiary/aromatic N) is 1. The van der Waals surface area contributed by atoms with E-state index in [4.69, 9.17) is 5.26 Å². The summed E-state index contributed by atoms with van der Waals surface area (Å²) < 4.78 is 66.0. The van der Waals surface area contributed by atoms with Crippen LogP contribution in [0.5, 0.6) is 0 Å². The van der Waals surface area contributed by atoms with Crippen LogP contribution in [0.25, 0.3) is 0 Å². The van der Waals surface area contributed by atoms with Gasteiger partial charge in [0.15, 0.2) is 23.3 Å². The summed E-state index contributed by atoms with van der Waals surface area (Å²) in [6.45, 7) is 1.57. The number of anilines is 2. The Labute approximate surface area is 116 Å². The van der Waals surface area contributed by atoms with Crippen molar-refractivity contribution in [2.24, 2.45) is 0 Å². The first-order chi connectivity index (χ1) is 9.86. The molecule has 0 saturated heterocycles. The van der Waals surface area contributed by atoms with Crippen LogP contribution in [0.3, 0.4) is 0 Å². The molecular weight excluding hydrogens is 291 g/mol. The van der Waals surface area contributed by atoms with Crippen molar-refractivity contribution in [3.05, 3.63) is 58.4 Å². The highest BCUT2D eigenvalue weighted by Gasteiger charge is 2.25. The van der Waals surface area contributed by atoms with E-state index < -0.39 is 34.8 Å². The summed E-state index contributed by atoms with van der Waals surface area (Å²) >= 11 is 0. The molecule has 21 heavy (non-hydrogen) atoms. The predicted octanol–water partition coefficient (Wildman–Crippen LogP) is 4.31. The lowest BCUT2D eigenvalue weighted by Crippen LogP contribution is -2.07. The number of halogens is 5. The van der Waals surface area contributed by atoms with Crippen molar-refractivity contribution in [2.75, 3.05) is 5.32 Å². The van der Waals surface area contributed by atoms with E-state index in [0.717, 1.165) is 0 Å². The number of nitriles is 1. The Kier molecular flexibility index (Phi) is 3.80. The van der Waals surface area contributed by atoms with Gasteiger partial charge in [-0.2, -0.15) is 5.26 Å². The Hall–Kier alpha value is -2.62. The maximum atomic E-state index is 13.5. The van der Waals surface area contributed by atoms with Gasteiger partial charge in [-0.05, 0) is 30.7 Å². The standard InChI is InChI=1S/C14H7F5N2/c1-6-4-8(3-2-7(6)5-20)21-14-12(18)10(16)9(15)11(17)13(14)19/h2-4,21H,1H3. The molecule has 0 unspecified atom stereocenters. The predicted molar refractivity (Wildman–Crippen MR) is 65.4 cm³/mol. The third-order valence-electron chi connectivity index (χ3n) is 2.83. The van der Waals surface area contributed by atoms with E-state index in [9.17, 15) is 22.0 Å². The summed E-state index contributed by atoms with van der Waals surface area (Å²) in [5, 5.41) is 10.9. The Morgan fingerprint density at radius 3 is 1.90 bits per heavy atom. The van der Waals surface area contributed by atoms with Gasteiger partial charge in [-0.3, -0.25) is 0 Å². The second-order valence-electron chi connectivity index (χ2n) is 4.21. The molecule has 0 amide bonds. The van der Waals surface area contributed by atoms with Gasteiger partial charge in [0.25, 0.3) is 0 Å². The largest absolute Gasteiger partial charge is 0.351 e. The van der Waals surface area contributed by atoms with E-state index >= 15 is 0 Å². The Bertz CT molecular complexity index is 736. The van der Waals surface area contributed by atoms with Crippen molar-refractivity contribution in [1.82, 2.24) is 0 Å². The van der Waals surface area contributed by atoms with Gasteiger partial charge in [0, 0.05) is 5.69 Å². The minimum Gasteiger partial charge on any atom is -0.351 e. The molecule has 0 radical (unpaired) electrons. The molecule has 0 fully saturated rings. The first-order valence-corrected chi connectivity index (χ1v) is 5.66. The second kappa shape index (κ2) is 5.40. The van der Waals surface area contributed by atoms with Crippen LogP contribution in [0.15, 0.2) is 18.2 Å². The van der Waals surface area contributed by atoms with Crippen molar-refractivity contribution < 1.29 is 22.0 Å². The third-order valence-corrected chi connectivity index (χ3v) is 2.83. The zero-order valence-corrected chi connectivity index (χ0v) is 10.6. The molecular formula is C14H7F5N2. The highest BCUT2D eigenvalue weighted by Crippen LogP contribution is 2.30. The van der Waals surface area contributed by atoms with E-state index in [1.54, 1.807) is 6.92 Å². The monoisotopic (exact) mass is 298 g/mol. The maximum absolute atomic E-state index is 13.5. The number of aryl methyl sites for hydroxylation is 1. The molecule has 0 aromatic heterocycles. The van der Waals surface area contributed by atoms with Crippen LogP contribution in [0.2, 0.25) is 0 Å². The topological polar surface area (TPSA) is 35.8 Å². The van der Waals surface area contributed by atoms with Gasteiger partial charge in [0.1, 0.15) is 5.69 Å².